The number of aromatic nitrogens is 2. The van der Waals surface area contributed by atoms with Gasteiger partial charge >= 0.3 is 0 Å². The summed E-state index contributed by atoms with van der Waals surface area (Å²) in [5.74, 6) is 0.451. The summed E-state index contributed by atoms with van der Waals surface area (Å²) >= 11 is 3.30. The van der Waals surface area contributed by atoms with E-state index >= 15 is 0 Å². The second kappa shape index (κ2) is 5.05. The Morgan fingerprint density at radius 1 is 1.43 bits per heavy atom. The van der Waals surface area contributed by atoms with Gasteiger partial charge in [0.1, 0.15) is 0 Å². The van der Waals surface area contributed by atoms with Crippen LogP contribution in [0.3, 0.4) is 0 Å². The maximum atomic E-state index is 11.5. The van der Waals surface area contributed by atoms with E-state index in [0.717, 1.165) is 0 Å². The smallest absolute Gasteiger partial charge is 0.240 e. The van der Waals surface area contributed by atoms with Gasteiger partial charge in [0.05, 0.1) is 4.83 Å². The Labute approximate surface area is 91.3 Å². The fourth-order valence-electron chi connectivity index (χ4n) is 0.846. The lowest BCUT2D eigenvalue weighted by Gasteiger charge is -2.12. The molecule has 1 rings (SSSR count). The van der Waals surface area contributed by atoms with Gasteiger partial charge in [-0.2, -0.15) is 0 Å². The summed E-state index contributed by atoms with van der Waals surface area (Å²) in [6.45, 7) is 3.93. The molecule has 0 aliphatic carbocycles. The summed E-state index contributed by atoms with van der Waals surface area (Å²) in [5.41, 5.74) is 0. The largest absolute Gasteiger partial charge is 0.294 e. The zero-order chi connectivity index (χ0) is 10.6. The number of amides is 1. The average Bonchev–Trinajstić information content (AvgIpc) is 2.18. The molecule has 1 unspecified atom stereocenters. The van der Waals surface area contributed by atoms with E-state index in [1.54, 1.807) is 18.5 Å². The van der Waals surface area contributed by atoms with Crippen molar-refractivity contribution < 1.29 is 4.79 Å². The summed E-state index contributed by atoms with van der Waals surface area (Å²) in [6.07, 6.45) is 3.17. The molecule has 0 bridgehead atoms. The number of hydrogen-bond acceptors (Lipinski definition) is 3. The summed E-state index contributed by atoms with van der Waals surface area (Å²) in [6, 6.07) is 1.70. The van der Waals surface area contributed by atoms with Crippen LogP contribution in [0.2, 0.25) is 0 Å². The molecule has 76 valence electrons. The number of anilines is 1. The van der Waals surface area contributed by atoms with Crippen LogP contribution < -0.4 is 5.32 Å². The maximum absolute atomic E-state index is 11.5. The van der Waals surface area contributed by atoms with E-state index < -0.39 is 0 Å². The second-order valence-electron chi connectivity index (χ2n) is 3.21. The predicted molar refractivity (Wildman–Crippen MR) is 58.2 cm³/mol. The van der Waals surface area contributed by atoms with E-state index in [1.165, 1.54) is 0 Å². The molecule has 1 aromatic rings. The van der Waals surface area contributed by atoms with Crippen molar-refractivity contribution in [3.8, 4) is 0 Å². The van der Waals surface area contributed by atoms with Crippen LogP contribution in [-0.4, -0.2) is 20.7 Å². The minimum atomic E-state index is -0.216. The fourth-order valence-corrected chi connectivity index (χ4v) is 0.960. The highest BCUT2D eigenvalue weighted by Gasteiger charge is 2.18. The molecule has 5 heteroatoms. The van der Waals surface area contributed by atoms with Gasteiger partial charge < -0.3 is 0 Å². The summed E-state index contributed by atoms with van der Waals surface area (Å²) < 4.78 is 0. The minimum Gasteiger partial charge on any atom is -0.294 e. The lowest BCUT2D eigenvalue weighted by molar-refractivity contribution is -0.116. The van der Waals surface area contributed by atoms with Crippen molar-refractivity contribution in [2.24, 2.45) is 5.92 Å². The average molecular weight is 258 g/mol. The lowest BCUT2D eigenvalue weighted by Crippen LogP contribution is -2.27. The van der Waals surface area contributed by atoms with Gasteiger partial charge in [0, 0.05) is 12.4 Å². The molecule has 14 heavy (non-hydrogen) atoms. The molecule has 0 aliphatic heterocycles. The molecular weight excluding hydrogens is 246 g/mol. The van der Waals surface area contributed by atoms with Gasteiger partial charge in [-0.15, -0.1) is 0 Å². The number of hydrogen-bond donors (Lipinski definition) is 1. The Morgan fingerprint density at radius 3 is 2.50 bits per heavy atom. The third-order valence-electron chi connectivity index (χ3n) is 1.64. The van der Waals surface area contributed by atoms with E-state index in [-0.39, 0.29) is 16.7 Å². The summed E-state index contributed by atoms with van der Waals surface area (Å²) in [7, 11) is 0. The van der Waals surface area contributed by atoms with Crippen molar-refractivity contribution in [2.45, 2.75) is 18.7 Å². The van der Waals surface area contributed by atoms with Crippen LogP contribution in [-0.2, 0) is 4.79 Å². The molecule has 1 atom stereocenters. The normalized spacial score (nSPS) is 12.6. The Balaban J connectivity index is 2.58. The van der Waals surface area contributed by atoms with Crippen LogP contribution in [0.15, 0.2) is 18.5 Å². The minimum absolute atomic E-state index is 0.119. The van der Waals surface area contributed by atoms with Crippen LogP contribution in [0.1, 0.15) is 13.8 Å². The van der Waals surface area contributed by atoms with E-state index in [1.807, 2.05) is 13.8 Å². The molecule has 0 aliphatic rings. The third-order valence-corrected chi connectivity index (χ3v) is 3.11. The SMILES string of the molecule is CC(C)C(Br)C(=O)Nc1ncccn1. The Morgan fingerprint density at radius 2 is 2.00 bits per heavy atom. The van der Waals surface area contributed by atoms with Crippen molar-refractivity contribution in [1.29, 1.82) is 0 Å². The first-order valence-electron chi connectivity index (χ1n) is 4.33. The molecule has 0 saturated heterocycles. The summed E-state index contributed by atoms with van der Waals surface area (Å²) in [5, 5.41) is 2.61. The Bertz CT molecular complexity index is 302. The molecule has 1 N–H and O–H groups in total. The number of nitrogens with one attached hydrogen (secondary N) is 1. The van der Waals surface area contributed by atoms with Crippen molar-refractivity contribution in [3.63, 3.8) is 0 Å². The monoisotopic (exact) mass is 257 g/mol. The molecule has 1 aromatic heterocycles. The van der Waals surface area contributed by atoms with Crippen LogP contribution >= 0.6 is 15.9 Å². The molecule has 0 radical (unpaired) electrons. The van der Waals surface area contributed by atoms with Crippen LogP contribution in [0.5, 0.6) is 0 Å². The van der Waals surface area contributed by atoms with Gasteiger partial charge in [-0.3, -0.25) is 10.1 Å². The highest BCUT2D eigenvalue weighted by molar-refractivity contribution is 9.10. The van der Waals surface area contributed by atoms with Crippen molar-refractivity contribution in [1.82, 2.24) is 9.97 Å². The number of alkyl halides is 1. The number of carbonyl (C=O) groups excluding carboxylic acids is 1. The number of nitrogens with zero attached hydrogens (tertiary/aromatic N) is 2. The first-order valence-corrected chi connectivity index (χ1v) is 5.25. The zero-order valence-corrected chi connectivity index (χ0v) is 9.65. The van der Waals surface area contributed by atoms with E-state index in [9.17, 15) is 4.79 Å². The quantitative estimate of drug-likeness (QED) is 0.841. The fraction of sp³-hybridized carbons (Fsp3) is 0.444. The van der Waals surface area contributed by atoms with Gasteiger partial charge in [0.25, 0.3) is 0 Å². The highest BCUT2D eigenvalue weighted by atomic mass is 79.9. The first kappa shape index (κ1) is 11.1. The standard InChI is InChI=1S/C9H12BrN3O/c1-6(2)7(10)8(14)13-9-11-4-3-5-12-9/h3-7H,1-2H3,(H,11,12,13,14). The molecule has 0 saturated carbocycles. The molecule has 0 spiro atoms. The highest BCUT2D eigenvalue weighted by Crippen LogP contribution is 2.13. The third kappa shape index (κ3) is 3.06. The molecule has 0 aromatic carbocycles. The van der Waals surface area contributed by atoms with Crippen molar-refractivity contribution in [3.05, 3.63) is 18.5 Å². The number of rotatable bonds is 3. The van der Waals surface area contributed by atoms with Gasteiger partial charge in [0.2, 0.25) is 11.9 Å². The Kier molecular flexibility index (Phi) is 4.00. The molecule has 1 heterocycles. The topological polar surface area (TPSA) is 54.9 Å². The van der Waals surface area contributed by atoms with Crippen LogP contribution in [0.4, 0.5) is 5.95 Å². The predicted octanol–water partition coefficient (Wildman–Crippen LogP) is 1.83. The summed E-state index contributed by atoms with van der Waals surface area (Å²) in [4.78, 5) is 19.1. The van der Waals surface area contributed by atoms with E-state index in [4.69, 9.17) is 0 Å². The molecule has 4 nitrogen and oxygen atoms in total. The number of halogens is 1. The lowest BCUT2D eigenvalue weighted by atomic mass is 10.1. The van der Waals surface area contributed by atoms with Gasteiger partial charge in [-0.25, -0.2) is 9.97 Å². The van der Waals surface area contributed by atoms with E-state index in [0.29, 0.717) is 5.95 Å². The van der Waals surface area contributed by atoms with Crippen LogP contribution in [0.25, 0.3) is 0 Å². The van der Waals surface area contributed by atoms with Crippen LogP contribution in [0, 0.1) is 5.92 Å². The molecule has 0 fully saturated rings. The zero-order valence-electron chi connectivity index (χ0n) is 8.07. The Hall–Kier alpha value is -0.970. The number of carbonyl (C=O) groups is 1. The first-order chi connectivity index (χ1) is 6.61. The van der Waals surface area contributed by atoms with Gasteiger partial charge in [-0.05, 0) is 12.0 Å². The molecular formula is C9H12BrN3O. The van der Waals surface area contributed by atoms with Gasteiger partial charge in [0.15, 0.2) is 0 Å². The van der Waals surface area contributed by atoms with Gasteiger partial charge in [-0.1, -0.05) is 29.8 Å². The van der Waals surface area contributed by atoms with E-state index in [2.05, 4.69) is 31.2 Å². The maximum Gasteiger partial charge on any atom is 0.240 e. The molecule has 1 amide bonds. The second-order valence-corrected chi connectivity index (χ2v) is 4.19. The van der Waals surface area contributed by atoms with Crippen molar-refractivity contribution >= 4 is 27.8 Å². The van der Waals surface area contributed by atoms with Crippen molar-refractivity contribution in [2.75, 3.05) is 5.32 Å².